The maximum Gasteiger partial charge on any atom is 0.460 e. The molecule has 554 valence electrons. The molecule has 5 unspecified atom stereocenters. The third kappa shape index (κ3) is 21.8. The highest BCUT2D eigenvalue weighted by atomic mass is 32.2. The first-order valence-electron chi connectivity index (χ1n) is 27.8. The number of alkyl halides is 13. The number of halogens is 13. The second kappa shape index (κ2) is 37.5. The molecule has 0 aromatic rings. The van der Waals surface area contributed by atoms with Gasteiger partial charge in [0.2, 0.25) is 35.4 Å². The standard InChI is InChI=1S/C50H83F13N6O24S/c51-45(52,46(53,54)47(55,56)48(57,58)49(59,60)50(61,62)63)3-4-94-9-32(38(93)69-44(25-85,26-86)27-87)8-31(37(92)68-43(22-82,23-83)24-84)7-30(36(91)67-42(19-79,20-80)21-81)6-29(35(90)66-41(16-76,17-77)18-78)5-28(34(89)65-40(13-73,14-74)15-75)1-2-33(88)64-39(10-70,11-71)12-72/h28-32,70-87H,1-27H2,(H,64,88)(H,65,89)(H,66,90)(H,67,91)(H,68,92)(H,69,93). The van der Waals surface area contributed by atoms with Gasteiger partial charge < -0.3 is 124 Å². The molecule has 5 atom stereocenters. The zero-order chi connectivity index (χ0) is 73.4. The first kappa shape index (κ1) is 89.5. The quantitative estimate of drug-likeness (QED) is 0.0199. The molecule has 0 spiro atoms. The minimum absolute atomic E-state index is 0.312. The topological polar surface area (TPSA) is 539 Å². The normalized spacial score (nSPS) is 15.4. The van der Waals surface area contributed by atoms with Crippen molar-refractivity contribution >= 4 is 47.2 Å². The number of rotatable bonds is 49. The molecule has 0 aliphatic rings. The van der Waals surface area contributed by atoms with Crippen LogP contribution in [0.15, 0.2) is 0 Å². The van der Waals surface area contributed by atoms with Gasteiger partial charge in [0.15, 0.2) is 0 Å². The van der Waals surface area contributed by atoms with Gasteiger partial charge in [-0.05, 0) is 37.9 Å². The summed E-state index contributed by atoms with van der Waals surface area (Å²) in [5.74, 6) is -62.8. The summed E-state index contributed by atoms with van der Waals surface area (Å²) < 4.78 is 182. The fraction of sp³-hybridized carbons (Fsp3) is 0.880. The molecule has 0 saturated carbocycles. The van der Waals surface area contributed by atoms with E-state index in [-0.39, 0.29) is 11.8 Å². The summed E-state index contributed by atoms with van der Waals surface area (Å²) >= 11 is -0.312. The monoisotopic (exact) mass is 1430 g/mol. The first-order valence-corrected chi connectivity index (χ1v) is 29.0. The number of nitrogens with one attached hydrogen (secondary N) is 6. The molecule has 6 amide bonds. The van der Waals surface area contributed by atoms with E-state index < -0.39 is 309 Å². The van der Waals surface area contributed by atoms with Crippen molar-refractivity contribution in [1.82, 2.24) is 31.9 Å². The first-order chi connectivity index (χ1) is 43.4. The lowest BCUT2D eigenvalue weighted by Gasteiger charge is -2.39. The van der Waals surface area contributed by atoms with Crippen LogP contribution in [0.3, 0.4) is 0 Å². The summed E-state index contributed by atoms with van der Waals surface area (Å²) in [6, 6.07) is 0. The number of aliphatic hydroxyl groups excluding tert-OH is 18. The summed E-state index contributed by atoms with van der Waals surface area (Å²) in [5.41, 5.74) is -14.7. The van der Waals surface area contributed by atoms with Crippen molar-refractivity contribution in [3.63, 3.8) is 0 Å². The molecule has 0 saturated heterocycles. The number of carbonyl (C=O) groups is 6. The maximum absolute atomic E-state index is 15.1. The molecule has 0 aliphatic heterocycles. The van der Waals surface area contributed by atoms with Crippen molar-refractivity contribution in [1.29, 1.82) is 0 Å². The van der Waals surface area contributed by atoms with Gasteiger partial charge in [-0.25, -0.2) is 0 Å². The van der Waals surface area contributed by atoms with E-state index in [0.717, 1.165) is 0 Å². The van der Waals surface area contributed by atoms with Crippen LogP contribution in [0.5, 0.6) is 0 Å². The summed E-state index contributed by atoms with van der Waals surface area (Å²) in [6.07, 6.45) is -17.7. The average Bonchev–Trinajstić information content (AvgIpc) is 0.713. The molecule has 0 radical (unpaired) electrons. The Balaban J connectivity index is 8.91. The smallest absolute Gasteiger partial charge is 0.394 e. The minimum Gasteiger partial charge on any atom is -0.394 e. The number of carbonyl (C=O) groups excluding carboxylic acids is 6. The Kier molecular flexibility index (Phi) is 35.7. The highest BCUT2D eigenvalue weighted by Crippen LogP contribution is 2.61. The largest absolute Gasteiger partial charge is 0.460 e. The van der Waals surface area contributed by atoms with Gasteiger partial charge in [-0.3, -0.25) is 28.8 Å². The van der Waals surface area contributed by atoms with Gasteiger partial charge in [-0.15, -0.1) is 0 Å². The van der Waals surface area contributed by atoms with E-state index in [1.165, 1.54) is 0 Å². The van der Waals surface area contributed by atoms with Crippen LogP contribution < -0.4 is 31.9 Å². The summed E-state index contributed by atoms with van der Waals surface area (Å²) in [5, 5.41) is 194. The molecule has 0 aromatic heterocycles. The zero-order valence-electron chi connectivity index (χ0n) is 49.8. The Morgan fingerprint density at radius 3 is 0.787 bits per heavy atom. The molecule has 30 nitrogen and oxygen atoms in total. The molecular weight excluding hydrogens is 1350 g/mol. The molecule has 0 aromatic carbocycles. The second-order valence-corrected chi connectivity index (χ2v) is 24.0. The fourth-order valence-corrected chi connectivity index (χ4v) is 9.53. The number of amides is 6. The van der Waals surface area contributed by atoms with E-state index in [9.17, 15) is 169 Å². The van der Waals surface area contributed by atoms with Gasteiger partial charge in [0, 0.05) is 48.2 Å². The van der Waals surface area contributed by atoms with Crippen LogP contribution in [0.25, 0.3) is 0 Å². The molecule has 0 rings (SSSR count). The number of thioether (sulfide) groups is 1. The zero-order valence-corrected chi connectivity index (χ0v) is 50.6. The highest BCUT2D eigenvalue weighted by Gasteiger charge is 2.90. The van der Waals surface area contributed by atoms with Crippen LogP contribution in [-0.2, 0) is 28.8 Å². The van der Waals surface area contributed by atoms with Gasteiger partial charge in [0.05, 0.1) is 119 Å². The lowest BCUT2D eigenvalue weighted by molar-refractivity contribution is -0.439. The highest BCUT2D eigenvalue weighted by molar-refractivity contribution is 7.99. The van der Waals surface area contributed by atoms with Gasteiger partial charge >= 0.3 is 35.8 Å². The molecule has 0 bridgehead atoms. The van der Waals surface area contributed by atoms with Gasteiger partial charge in [-0.1, -0.05) is 0 Å². The van der Waals surface area contributed by atoms with Crippen LogP contribution in [-0.4, -0.2) is 327 Å². The second-order valence-electron chi connectivity index (χ2n) is 22.8. The molecule has 0 aliphatic carbocycles. The molecule has 94 heavy (non-hydrogen) atoms. The summed E-state index contributed by atoms with van der Waals surface area (Å²) in [4.78, 5) is 86.2. The predicted molar refractivity (Wildman–Crippen MR) is 291 cm³/mol. The number of hydrogen-bond acceptors (Lipinski definition) is 25. The number of aliphatic hydroxyl groups is 18. The van der Waals surface area contributed by atoms with Crippen molar-refractivity contribution in [2.45, 2.75) is 114 Å². The van der Waals surface area contributed by atoms with Crippen LogP contribution >= 0.6 is 11.8 Å². The molecule has 0 fully saturated rings. The molecular formula is C50H83F13N6O24S. The molecule has 0 heterocycles. The van der Waals surface area contributed by atoms with Crippen LogP contribution in [0.1, 0.15) is 44.9 Å². The fourth-order valence-electron chi connectivity index (χ4n) is 8.39. The SMILES string of the molecule is O=C(CCC(CC(CC(CC(CC(CSCCC(F)(F)C(F)(F)C(F)(F)C(F)(F)C(F)(F)C(F)(F)F)C(=O)NC(CO)(CO)CO)C(=O)NC(CO)(CO)CO)C(=O)NC(CO)(CO)CO)C(=O)NC(CO)(CO)CO)C(=O)NC(CO)(CO)CO)NC(CO)(CO)CO. The lowest BCUT2D eigenvalue weighted by atomic mass is 9.78. The van der Waals surface area contributed by atoms with Crippen LogP contribution in [0.2, 0.25) is 0 Å². The summed E-state index contributed by atoms with van der Waals surface area (Å²) in [7, 11) is 0. The Morgan fingerprint density at radius 1 is 0.298 bits per heavy atom. The van der Waals surface area contributed by atoms with E-state index in [2.05, 4.69) is 16.0 Å². The van der Waals surface area contributed by atoms with E-state index in [1.54, 1.807) is 0 Å². The Hall–Kier alpha value is -4.46. The molecule has 24 N–H and O–H groups in total. The van der Waals surface area contributed by atoms with Crippen molar-refractivity contribution in [2.24, 2.45) is 29.6 Å². The van der Waals surface area contributed by atoms with Crippen molar-refractivity contribution in [3.05, 3.63) is 0 Å². The van der Waals surface area contributed by atoms with Gasteiger partial charge in [0.25, 0.3) is 0 Å². The van der Waals surface area contributed by atoms with Crippen LogP contribution in [0.4, 0.5) is 57.1 Å². The minimum atomic E-state index is -8.30. The van der Waals surface area contributed by atoms with E-state index in [1.807, 2.05) is 16.0 Å². The van der Waals surface area contributed by atoms with Gasteiger partial charge in [0.1, 0.15) is 33.2 Å². The number of hydrogen-bond donors (Lipinski definition) is 24. The van der Waals surface area contributed by atoms with E-state index in [4.69, 9.17) is 0 Å². The van der Waals surface area contributed by atoms with Crippen molar-refractivity contribution < 1.29 is 178 Å². The third-order valence-electron chi connectivity index (χ3n) is 15.5. The third-order valence-corrected chi connectivity index (χ3v) is 16.7. The summed E-state index contributed by atoms with van der Waals surface area (Å²) in [6.45, 7) is -24.1. The van der Waals surface area contributed by atoms with E-state index >= 15 is 8.78 Å². The van der Waals surface area contributed by atoms with E-state index in [0.29, 0.717) is 0 Å². The lowest BCUT2D eigenvalue weighted by Crippen LogP contribution is -2.70. The predicted octanol–water partition coefficient (Wildman–Crippen LogP) is -7.74. The van der Waals surface area contributed by atoms with Crippen molar-refractivity contribution in [3.8, 4) is 0 Å². The average molecular weight is 1430 g/mol. The Bertz CT molecular complexity index is 2310. The van der Waals surface area contributed by atoms with Gasteiger partial charge in [-0.2, -0.15) is 68.8 Å². The Morgan fingerprint density at radius 2 is 0.521 bits per heavy atom. The Labute approximate surface area is 529 Å². The van der Waals surface area contributed by atoms with Crippen LogP contribution in [0, 0.1) is 29.6 Å². The van der Waals surface area contributed by atoms with Crippen molar-refractivity contribution in [2.75, 3.05) is 130 Å². The molecule has 44 heteroatoms. The maximum atomic E-state index is 15.1.